The zero-order valence-electron chi connectivity index (χ0n) is 19.2. The molecule has 0 saturated carbocycles. The molecule has 0 unspecified atom stereocenters. The monoisotopic (exact) mass is 466 g/mol. The molecule has 1 amide bonds. The first-order valence-corrected chi connectivity index (χ1v) is 12.4. The zero-order chi connectivity index (χ0) is 23.8. The number of nitrogens with one attached hydrogen (secondary N) is 1. The van der Waals surface area contributed by atoms with E-state index >= 15 is 0 Å². The van der Waals surface area contributed by atoms with E-state index in [1.165, 1.54) is 0 Å². The summed E-state index contributed by atoms with van der Waals surface area (Å²) >= 11 is 0. The van der Waals surface area contributed by atoms with Gasteiger partial charge in [-0.05, 0) is 67.8 Å². The van der Waals surface area contributed by atoms with Crippen LogP contribution in [0.5, 0.6) is 11.5 Å². The number of ether oxygens (including phenoxy) is 1. The number of hydrogen-bond acceptors (Lipinski definition) is 4. The van der Waals surface area contributed by atoms with Gasteiger partial charge in [-0.2, -0.15) is 0 Å². The van der Waals surface area contributed by atoms with Crippen molar-refractivity contribution in [3.63, 3.8) is 0 Å². The van der Waals surface area contributed by atoms with Crippen LogP contribution in [0.3, 0.4) is 0 Å². The largest absolute Gasteiger partial charge is 0.457 e. The maximum absolute atomic E-state index is 13.5. The van der Waals surface area contributed by atoms with Crippen molar-refractivity contribution >= 4 is 21.6 Å². The maximum Gasteiger partial charge on any atom is 0.264 e. The number of carbonyl (C=O) groups excluding carboxylic acids is 1. The molecule has 0 aliphatic rings. The summed E-state index contributed by atoms with van der Waals surface area (Å²) in [5, 5.41) is 2.82. The standard InChI is InChI=1S/C26H30N2O4S/c1-20(2)17-18-27-26(29)19-28(33(30,31)25-15-9-21(3)10-16-25)22-11-13-24(14-12-22)32-23-7-5-4-6-8-23/h4-16,20H,17-19H2,1-3H3,(H,27,29). The SMILES string of the molecule is Cc1ccc(S(=O)(=O)N(CC(=O)NCCC(C)C)c2ccc(Oc3ccccc3)cc2)cc1. The van der Waals surface area contributed by atoms with E-state index in [0.29, 0.717) is 29.6 Å². The molecule has 0 radical (unpaired) electrons. The van der Waals surface area contributed by atoms with Gasteiger partial charge in [0.15, 0.2) is 0 Å². The van der Waals surface area contributed by atoms with Crippen LogP contribution < -0.4 is 14.4 Å². The van der Waals surface area contributed by atoms with Crippen LogP contribution in [0.1, 0.15) is 25.8 Å². The van der Waals surface area contributed by atoms with Crippen molar-refractivity contribution in [1.29, 1.82) is 0 Å². The summed E-state index contributed by atoms with van der Waals surface area (Å²) in [6.45, 7) is 6.21. The number of sulfonamides is 1. The van der Waals surface area contributed by atoms with E-state index in [0.717, 1.165) is 16.3 Å². The summed E-state index contributed by atoms with van der Waals surface area (Å²) in [5.41, 5.74) is 1.34. The number of rotatable bonds is 10. The van der Waals surface area contributed by atoms with E-state index in [1.54, 1.807) is 48.5 Å². The lowest BCUT2D eigenvalue weighted by molar-refractivity contribution is -0.119. The van der Waals surface area contributed by atoms with Crippen LogP contribution in [-0.4, -0.2) is 27.4 Å². The Morgan fingerprint density at radius 2 is 1.52 bits per heavy atom. The van der Waals surface area contributed by atoms with Crippen molar-refractivity contribution in [2.45, 2.75) is 32.1 Å². The molecular weight excluding hydrogens is 436 g/mol. The van der Waals surface area contributed by atoms with Crippen molar-refractivity contribution in [2.75, 3.05) is 17.4 Å². The van der Waals surface area contributed by atoms with Gasteiger partial charge in [0.1, 0.15) is 18.0 Å². The number of nitrogens with zero attached hydrogens (tertiary/aromatic N) is 1. The highest BCUT2D eigenvalue weighted by atomic mass is 32.2. The summed E-state index contributed by atoms with van der Waals surface area (Å²) in [7, 11) is -3.95. The Labute approximate surface area is 196 Å². The van der Waals surface area contributed by atoms with E-state index in [4.69, 9.17) is 4.74 Å². The van der Waals surface area contributed by atoms with Crippen molar-refractivity contribution in [3.8, 4) is 11.5 Å². The third kappa shape index (κ3) is 6.83. The van der Waals surface area contributed by atoms with Crippen LogP contribution >= 0.6 is 0 Å². The number of para-hydroxylation sites is 1. The molecule has 3 rings (SSSR count). The van der Waals surface area contributed by atoms with Crippen molar-refractivity contribution < 1.29 is 17.9 Å². The molecule has 0 saturated heterocycles. The van der Waals surface area contributed by atoms with Crippen LogP contribution in [0.15, 0.2) is 83.8 Å². The normalized spacial score (nSPS) is 11.3. The maximum atomic E-state index is 13.5. The Morgan fingerprint density at radius 1 is 0.909 bits per heavy atom. The van der Waals surface area contributed by atoms with Crippen LogP contribution in [0.25, 0.3) is 0 Å². The zero-order valence-corrected chi connectivity index (χ0v) is 20.0. The van der Waals surface area contributed by atoms with Crippen LogP contribution in [0, 0.1) is 12.8 Å². The molecule has 0 aromatic heterocycles. The Bertz CT molecular complexity index is 1140. The summed E-state index contributed by atoms with van der Waals surface area (Å²) < 4.78 is 33.8. The lowest BCUT2D eigenvalue weighted by Crippen LogP contribution is -2.41. The minimum atomic E-state index is -3.95. The molecule has 6 nitrogen and oxygen atoms in total. The highest BCUT2D eigenvalue weighted by Crippen LogP contribution is 2.28. The fourth-order valence-corrected chi connectivity index (χ4v) is 4.57. The Kier molecular flexibility index (Phi) is 8.11. The first-order chi connectivity index (χ1) is 15.8. The molecule has 174 valence electrons. The highest BCUT2D eigenvalue weighted by Gasteiger charge is 2.27. The van der Waals surface area contributed by atoms with Gasteiger partial charge < -0.3 is 10.1 Å². The number of carbonyl (C=O) groups is 1. The molecule has 0 fully saturated rings. The lowest BCUT2D eigenvalue weighted by atomic mass is 10.1. The Hall–Kier alpha value is -3.32. The summed E-state index contributed by atoms with van der Waals surface area (Å²) in [4.78, 5) is 12.7. The molecule has 1 N–H and O–H groups in total. The minimum absolute atomic E-state index is 0.132. The van der Waals surface area contributed by atoms with E-state index in [1.807, 2.05) is 37.3 Å². The molecule has 33 heavy (non-hydrogen) atoms. The average molecular weight is 467 g/mol. The molecule has 0 bridgehead atoms. The predicted molar refractivity (Wildman–Crippen MR) is 131 cm³/mol. The smallest absolute Gasteiger partial charge is 0.264 e. The third-order valence-electron chi connectivity index (χ3n) is 5.04. The van der Waals surface area contributed by atoms with Crippen LogP contribution in [0.2, 0.25) is 0 Å². The minimum Gasteiger partial charge on any atom is -0.457 e. The highest BCUT2D eigenvalue weighted by molar-refractivity contribution is 7.92. The second kappa shape index (κ2) is 11.0. The number of amides is 1. The third-order valence-corrected chi connectivity index (χ3v) is 6.83. The number of aryl methyl sites for hydroxylation is 1. The van der Waals surface area contributed by atoms with E-state index in [2.05, 4.69) is 19.2 Å². The van der Waals surface area contributed by atoms with Crippen LogP contribution in [0.4, 0.5) is 5.69 Å². The number of benzene rings is 3. The predicted octanol–water partition coefficient (Wildman–Crippen LogP) is 5.14. The van der Waals surface area contributed by atoms with Gasteiger partial charge in [-0.3, -0.25) is 9.10 Å². The molecule has 0 spiro atoms. The van der Waals surface area contributed by atoms with Crippen LogP contribution in [-0.2, 0) is 14.8 Å². The molecule has 7 heteroatoms. The fraction of sp³-hybridized carbons (Fsp3) is 0.269. The first-order valence-electron chi connectivity index (χ1n) is 10.9. The van der Waals surface area contributed by atoms with Gasteiger partial charge in [0.05, 0.1) is 10.6 Å². The van der Waals surface area contributed by atoms with Crippen molar-refractivity contribution in [2.24, 2.45) is 5.92 Å². The second-order valence-electron chi connectivity index (χ2n) is 8.27. The molecule has 3 aromatic rings. The van der Waals surface area contributed by atoms with Gasteiger partial charge in [0.25, 0.3) is 10.0 Å². The van der Waals surface area contributed by atoms with Gasteiger partial charge in [-0.1, -0.05) is 49.7 Å². The Balaban J connectivity index is 1.86. The van der Waals surface area contributed by atoms with E-state index in [-0.39, 0.29) is 17.3 Å². The number of hydrogen-bond donors (Lipinski definition) is 1. The van der Waals surface area contributed by atoms with Crippen molar-refractivity contribution in [3.05, 3.63) is 84.4 Å². The van der Waals surface area contributed by atoms with E-state index < -0.39 is 10.0 Å². The summed E-state index contributed by atoms with van der Waals surface area (Å²) in [6.07, 6.45) is 0.821. The molecule has 0 heterocycles. The van der Waals surface area contributed by atoms with E-state index in [9.17, 15) is 13.2 Å². The summed E-state index contributed by atoms with van der Waals surface area (Å²) in [5.74, 6) is 1.34. The fourth-order valence-electron chi connectivity index (χ4n) is 3.14. The van der Waals surface area contributed by atoms with Gasteiger partial charge in [-0.25, -0.2) is 8.42 Å². The second-order valence-corrected chi connectivity index (χ2v) is 10.1. The quantitative estimate of drug-likeness (QED) is 0.449. The topological polar surface area (TPSA) is 75.7 Å². The first kappa shape index (κ1) is 24.3. The average Bonchev–Trinajstić information content (AvgIpc) is 2.79. The van der Waals surface area contributed by atoms with Gasteiger partial charge in [0, 0.05) is 6.54 Å². The molecule has 0 atom stereocenters. The molecule has 0 aliphatic carbocycles. The molecule has 0 aliphatic heterocycles. The number of anilines is 1. The van der Waals surface area contributed by atoms with Gasteiger partial charge in [-0.15, -0.1) is 0 Å². The summed E-state index contributed by atoms with van der Waals surface area (Å²) in [6, 6.07) is 22.6. The molecule has 3 aromatic carbocycles. The van der Waals surface area contributed by atoms with Crippen molar-refractivity contribution in [1.82, 2.24) is 5.32 Å². The molecular formula is C26H30N2O4S. The lowest BCUT2D eigenvalue weighted by Gasteiger charge is -2.24. The van der Waals surface area contributed by atoms with Gasteiger partial charge >= 0.3 is 0 Å². The van der Waals surface area contributed by atoms with Gasteiger partial charge in [0.2, 0.25) is 5.91 Å². The Morgan fingerprint density at radius 3 is 2.12 bits per heavy atom.